The number of alkyl halides is 1. The lowest BCUT2D eigenvalue weighted by atomic mass is 9.81. The van der Waals surface area contributed by atoms with E-state index in [1.165, 1.54) is 12.8 Å². The molecule has 0 bridgehead atoms. The maximum Gasteiger partial charge on any atom is 0.146 e. The van der Waals surface area contributed by atoms with Gasteiger partial charge in [0, 0.05) is 5.33 Å². The third kappa shape index (κ3) is 6.69. The van der Waals surface area contributed by atoms with Gasteiger partial charge >= 0.3 is 0 Å². The molecule has 13 heavy (non-hydrogen) atoms. The molecule has 0 fully saturated rings. The van der Waals surface area contributed by atoms with Gasteiger partial charge in [0.1, 0.15) is 10.5 Å². The summed E-state index contributed by atoms with van der Waals surface area (Å²) in [6.07, 6.45) is 3.52. The van der Waals surface area contributed by atoms with E-state index in [1.807, 2.05) is 0 Å². The summed E-state index contributed by atoms with van der Waals surface area (Å²) in [6.45, 7) is 9.08. The molecule has 1 nitrogen and oxygen atoms in total. The van der Waals surface area contributed by atoms with Gasteiger partial charge in [-0.05, 0) is 31.6 Å². The smallest absolute Gasteiger partial charge is 0.146 e. The van der Waals surface area contributed by atoms with Crippen molar-refractivity contribution in [1.29, 1.82) is 0 Å². The van der Waals surface area contributed by atoms with Crippen LogP contribution in [0.1, 0.15) is 47.0 Å². The van der Waals surface area contributed by atoms with Gasteiger partial charge in [-0.25, -0.2) is 0 Å². The van der Waals surface area contributed by atoms with Crippen molar-refractivity contribution in [2.45, 2.75) is 52.6 Å². The first-order valence-corrected chi connectivity index (χ1v) is 6.88. The largest absolute Gasteiger partial charge is 0.423 e. The summed E-state index contributed by atoms with van der Waals surface area (Å²) >= 11 is 3.47. The highest BCUT2D eigenvalue weighted by molar-refractivity contribution is 9.09. The molecule has 80 valence electrons. The van der Waals surface area contributed by atoms with Crippen molar-refractivity contribution in [2.75, 3.05) is 5.33 Å². The Hall–Kier alpha value is 0.657. The van der Waals surface area contributed by atoms with E-state index >= 15 is 0 Å². The first-order valence-electron chi connectivity index (χ1n) is 4.94. The second-order valence-electron chi connectivity index (χ2n) is 5.18. The zero-order valence-electron chi connectivity index (χ0n) is 9.61. The van der Waals surface area contributed by atoms with Crippen molar-refractivity contribution >= 4 is 26.4 Å². The van der Waals surface area contributed by atoms with Crippen molar-refractivity contribution in [3.05, 3.63) is 0 Å². The van der Waals surface area contributed by atoms with Crippen LogP contribution < -0.4 is 0 Å². The molecular weight excluding hydrogens is 244 g/mol. The van der Waals surface area contributed by atoms with Gasteiger partial charge in [0.05, 0.1) is 5.60 Å². The Labute approximate surface area is 94.3 Å². The molecular formula is C10H23BrOSi. The Kier molecular flexibility index (Phi) is 5.80. The molecule has 0 heterocycles. The minimum absolute atomic E-state index is 0.109. The third-order valence-electron chi connectivity index (χ3n) is 2.24. The molecule has 0 spiro atoms. The van der Waals surface area contributed by atoms with E-state index in [9.17, 15) is 0 Å². The highest BCUT2D eigenvalue weighted by Crippen LogP contribution is 2.32. The SMILES string of the molecule is CC(C)(C)CC(C)(CCCBr)O[SiH3]. The summed E-state index contributed by atoms with van der Waals surface area (Å²) < 4.78 is 5.73. The average Bonchev–Trinajstić information content (AvgIpc) is 1.98. The summed E-state index contributed by atoms with van der Waals surface area (Å²) in [5.74, 6) is 0. The zero-order valence-corrected chi connectivity index (χ0v) is 13.2. The van der Waals surface area contributed by atoms with E-state index in [4.69, 9.17) is 4.43 Å². The minimum atomic E-state index is 0.109. The van der Waals surface area contributed by atoms with Crippen molar-refractivity contribution in [2.24, 2.45) is 5.41 Å². The van der Waals surface area contributed by atoms with Gasteiger partial charge in [-0.15, -0.1) is 0 Å². The third-order valence-corrected chi connectivity index (χ3v) is 3.78. The van der Waals surface area contributed by atoms with Crippen molar-refractivity contribution in [3.8, 4) is 0 Å². The molecule has 0 N–H and O–H groups in total. The lowest BCUT2D eigenvalue weighted by Gasteiger charge is -2.35. The summed E-state index contributed by atoms with van der Waals surface area (Å²) in [5, 5.41) is 1.08. The zero-order chi connectivity index (χ0) is 10.5. The second-order valence-corrected chi connectivity index (χ2v) is 6.39. The fraction of sp³-hybridized carbons (Fsp3) is 1.00. The molecule has 0 saturated carbocycles. The van der Waals surface area contributed by atoms with E-state index in [-0.39, 0.29) is 5.60 Å². The van der Waals surface area contributed by atoms with Crippen LogP contribution in [-0.4, -0.2) is 21.4 Å². The highest BCUT2D eigenvalue weighted by Gasteiger charge is 2.28. The van der Waals surface area contributed by atoms with E-state index in [1.54, 1.807) is 0 Å². The molecule has 0 aliphatic rings. The summed E-state index contributed by atoms with van der Waals surface area (Å²) in [7, 11) is 0.842. The van der Waals surface area contributed by atoms with E-state index < -0.39 is 0 Å². The molecule has 0 amide bonds. The molecule has 0 aromatic carbocycles. The Balaban J connectivity index is 4.11. The number of hydrogen-bond acceptors (Lipinski definition) is 1. The number of halogens is 1. The molecule has 0 radical (unpaired) electrons. The Morgan fingerprint density at radius 3 is 2.08 bits per heavy atom. The highest BCUT2D eigenvalue weighted by atomic mass is 79.9. The quantitative estimate of drug-likeness (QED) is 0.549. The van der Waals surface area contributed by atoms with E-state index in [2.05, 4.69) is 43.6 Å². The summed E-state index contributed by atoms with van der Waals surface area (Å²) in [6, 6.07) is 0. The number of rotatable bonds is 5. The maximum atomic E-state index is 5.73. The molecule has 1 unspecified atom stereocenters. The Morgan fingerprint density at radius 1 is 1.23 bits per heavy atom. The lowest BCUT2D eigenvalue weighted by Crippen LogP contribution is -2.33. The molecule has 0 saturated heterocycles. The van der Waals surface area contributed by atoms with Crippen LogP contribution in [0.4, 0.5) is 0 Å². The minimum Gasteiger partial charge on any atom is -0.423 e. The summed E-state index contributed by atoms with van der Waals surface area (Å²) in [4.78, 5) is 0. The van der Waals surface area contributed by atoms with Crippen molar-refractivity contribution in [1.82, 2.24) is 0 Å². The van der Waals surface area contributed by atoms with E-state index in [0.717, 1.165) is 22.2 Å². The second kappa shape index (κ2) is 5.52. The first kappa shape index (κ1) is 13.7. The standard InChI is InChI=1S/C10H23BrOSi/c1-9(2,3)8-10(4,12-13)6-5-7-11/h5-8H2,1-4,13H3. The van der Waals surface area contributed by atoms with Crippen molar-refractivity contribution in [3.63, 3.8) is 0 Å². The monoisotopic (exact) mass is 266 g/mol. The average molecular weight is 267 g/mol. The first-order chi connectivity index (χ1) is 5.83. The van der Waals surface area contributed by atoms with Crippen LogP contribution in [-0.2, 0) is 4.43 Å². The fourth-order valence-electron chi connectivity index (χ4n) is 1.83. The van der Waals surface area contributed by atoms with Crippen LogP contribution in [0.2, 0.25) is 0 Å². The predicted octanol–water partition coefficient (Wildman–Crippen LogP) is 2.65. The normalized spacial score (nSPS) is 17.3. The molecule has 0 aromatic heterocycles. The summed E-state index contributed by atoms with van der Waals surface area (Å²) in [5.41, 5.74) is 0.476. The Morgan fingerprint density at radius 2 is 1.77 bits per heavy atom. The fourth-order valence-corrected chi connectivity index (χ4v) is 2.45. The van der Waals surface area contributed by atoms with Crippen LogP contribution in [0.3, 0.4) is 0 Å². The van der Waals surface area contributed by atoms with Gasteiger partial charge < -0.3 is 4.43 Å². The predicted molar refractivity (Wildman–Crippen MR) is 66.5 cm³/mol. The molecule has 0 aromatic rings. The van der Waals surface area contributed by atoms with Gasteiger partial charge in [-0.2, -0.15) is 0 Å². The van der Waals surface area contributed by atoms with Crippen LogP contribution in [0.5, 0.6) is 0 Å². The van der Waals surface area contributed by atoms with Gasteiger partial charge in [0.15, 0.2) is 0 Å². The van der Waals surface area contributed by atoms with Crippen LogP contribution >= 0.6 is 15.9 Å². The molecule has 0 aliphatic heterocycles. The topological polar surface area (TPSA) is 9.23 Å². The maximum absolute atomic E-state index is 5.73. The van der Waals surface area contributed by atoms with Crippen LogP contribution in [0.15, 0.2) is 0 Å². The molecule has 0 aliphatic carbocycles. The number of hydrogen-bond donors (Lipinski definition) is 0. The van der Waals surface area contributed by atoms with E-state index in [0.29, 0.717) is 5.41 Å². The molecule has 0 rings (SSSR count). The molecule has 1 atom stereocenters. The van der Waals surface area contributed by atoms with Crippen molar-refractivity contribution < 1.29 is 4.43 Å². The van der Waals surface area contributed by atoms with Gasteiger partial charge in [0.2, 0.25) is 0 Å². The van der Waals surface area contributed by atoms with Gasteiger partial charge in [-0.3, -0.25) is 0 Å². The lowest BCUT2D eigenvalue weighted by molar-refractivity contribution is 0.0445. The van der Waals surface area contributed by atoms with Crippen LogP contribution in [0.25, 0.3) is 0 Å². The van der Waals surface area contributed by atoms with Gasteiger partial charge in [-0.1, -0.05) is 36.7 Å². The Bertz CT molecular complexity index is 144. The van der Waals surface area contributed by atoms with Gasteiger partial charge in [0.25, 0.3) is 0 Å². The van der Waals surface area contributed by atoms with Crippen LogP contribution in [0, 0.1) is 5.41 Å². The molecule has 3 heteroatoms.